The maximum Gasteiger partial charge on any atom is 0.239 e. The van der Waals surface area contributed by atoms with Crippen molar-refractivity contribution in [3.63, 3.8) is 0 Å². The Kier molecular flexibility index (Phi) is 6.69. The predicted octanol–water partition coefficient (Wildman–Crippen LogP) is 2.80. The highest BCUT2D eigenvalue weighted by Gasteiger charge is 2.23. The zero-order valence-electron chi connectivity index (χ0n) is 12.5. The minimum Gasteiger partial charge on any atom is -0.341 e. The number of amides is 1. The third-order valence-electron chi connectivity index (χ3n) is 4.30. The summed E-state index contributed by atoms with van der Waals surface area (Å²) in [6, 6.07) is 0.355. The molecule has 0 radical (unpaired) electrons. The average molecular weight is 254 g/mol. The van der Waals surface area contributed by atoms with Crippen LogP contribution in [-0.4, -0.2) is 36.0 Å². The monoisotopic (exact) mass is 254 g/mol. The lowest BCUT2D eigenvalue weighted by Gasteiger charge is -2.28. The van der Waals surface area contributed by atoms with E-state index in [9.17, 15) is 4.79 Å². The third-order valence-corrected chi connectivity index (χ3v) is 4.30. The van der Waals surface area contributed by atoms with Gasteiger partial charge in [-0.1, -0.05) is 33.1 Å². The maximum absolute atomic E-state index is 12.4. The van der Waals surface area contributed by atoms with Crippen molar-refractivity contribution in [2.24, 2.45) is 5.92 Å². The minimum absolute atomic E-state index is 0.0490. The summed E-state index contributed by atoms with van der Waals surface area (Å²) in [5.41, 5.74) is 0. The molecule has 0 aromatic carbocycles. The van der Waals surface area contributed by atoms with Crippen LogP contribution in [0.1, 0.15) is 59.8 Å². The Morgan fingerprint density at radius 2 is 1.67 bits per heavy atom. The summed E-state index contributed by atoms with van der Waals surface area (Å²) < 4.78 is 0. The summed E-state index contributed by atoms with van der Waals surface area (Å²) in [7, 11) is 0. The van der Waals surface area contributed by atoms with Crippen LogP contribution in [0.4, 0.5) is 0 Å². The van der Waals surface area contributed by atoms with E-state index in [4.69, 9.17) is 0 Å². The number of nitrogens with one attached hydrogen (secondary N) is 1. The van der Waals surface area contributed by atoms with E-state index in [1.54, 1.807) is 0 Å². The molecule has 0 bridgehead atoms. The summed E-state index contributed by atoms with van der Waals surface area (Å²) in [6.45, 7) is 10.5. The molecule has 1 N–H and O–H groups in total. The molecule has 0 aromatic heterocycles. The molecule has 18 heavy (non-hydrogen) atoms. The summed E-state index contributed by atoms with van der Waals surface area (Å²) in [6.07, 6.45) is 6.03. The summed E-state index contributed by atoms with van der Waals surface area (Å²) in [5, 5.41) is 3.46. The van der Waals surface area contributed by atoms with Crippen molar-refractivity contribution in [2.75, 3.05) is 13.1 Å². The zero-order valence-corrected chi connectivity index (χ0v) is 12.5. The van der Waals surface area contributed by atoms with Gasteiger partial charge in [-0.2, -0.15) is 0 Å². The number of hydrogen-bond donors (Lipinski definition) is 1. The molecule has 1 rings (SSSR count). The van der Waals surface area contributed by atoms with E-state index in [-0.39, 0.29) is 11.9 Å². The van der Waals surface area contributed by atoms with Crippen LogP contribution in [0.5, 0.6) is 0 Å². The summed E-state index contributed by atoms with van der Waals surface area (Å²) in [5.74, 6) is 0.899. The Hall–Kier alpha value is -0.570. The smallest absolute Gasteiger partial charge is 0.239 e. The van der Waals surface area contributed by atoms with Crippen molar-refractivity contribution < 1.29 is 4.79 Å². The fraction of sp³-hybridized carbons (Fsp3) is 0.933. The molecule has 3 heteroatoms. The molecule has 1 aliphatic heterocycles. The topological polar surface area (TPSA) is 32.3 Å². The summed E-state index contributed by atoms with van der Waals surface area (Å²) >= 11 is 0. The van der Waals surface area contributed by atoms with Crippen LogP contribution in [0, 0.1) is 5.92 Å². The molecule has 1 fully saturated rings. The predicted molar refractivity (Wildman–Crippen MR) is 76.6 cm³/mol. The van der Waals surface area contributed by atoms with Crippen LogP contribution in [0.15, 0.2) is 0 Å². The van der Waals surface area contributed by atoms with E-state index in [1.807, 2.05) is 11.8 Å². The van der Waals surface area contributed by atoms with Crippen molar-refractivity contribution in [3.05, 3.63) is 0 Å². The molecule has 3 nitrogen and oxygen atoms in total. The molecular weight excluding hydrogens is 224 g/mol. The highest BCUT2D eigenvalue weighted by atomic mass is 16.2. The van der Waals surface area contributed by atoms with Crippen molar-refractivity contribution in [2.45, 2.75) is 71.9 Å². The number of carbonyl (C=O) groups is 1. The van der Waals surface area contributed by atoms with Crippen LogP contribution < -0.4 is 5.32 Å². The number of carbonyl (C=O) groups excluding carboxylic acids is 1. The molecule has 1 heterocycles. The largest absolute Gasteiger partial charge is 0.341 e. The van der Waals surface area contributed by atoms with Crippen molar-refractivity contribution in [1.29, 1.82) is 0 Å². The van der Waals surface area contributed by atoms with Gasteiger partial charge in [-0.3, -0.25) is 4.79 Å². The average Bonchev–Trinajstić information content (AvgIpc) is 2.65. The van der Waals surface area contributed by atoms with Gasteiger partial charge in [0.1, 0.15) is 0 Å². The SMILES string of the molecule is CCC(C)C(C)NC(C)C(=O)N1CCCCCC1. The van der Waals surface area contributed by atoms with Crippen LogP contribution in [-0.2, 0) is 4.79 Å². The van der Waals surface area contributed by atoms with Gasteiger partial charge in [-0.05, 0) is 32.6 Å². The van der Waals surface area contributed by atoms with Gasteiger partial charge < -0.3 is 10.2 Å². The van der Waals surface area contributed by atoms with Crippen LogP contribution in [0.25, 0.3) is 0 Å². The first-order valence-electron chi connectivity index (χ1n) is 7.61. The van der Waals surface area contributed by atoms with Crippen LogP contribution in [0.3, 0.4) is 0 Å². The first-order chi connectivity index (χ1) is 8.56. The molecule has 1 amide bonds. The second kappa shape index (κ2) is 7.78. The van der Waals surface area contributed by atoms with Crippen molar-refractivity contribution >= 4 is 5.91 Å². The highest BCUT2D eigenvalue weighted by Crippen LogP contribution is 2.12. The quantitative estimate of drug-likeness (QED) is 0.818. The van der Waals surface area contributed by atoms with Crippen LogP contribution >= 0.6 is 0 Å². The van der Waals surface area contributed by atoms with Crippen molar-refractivity contribution in [1.82, 2.24) is 10.2 Å². The fourth-order valence-corrected chi connectivity index (χ4v) is 2.55. The Labute approximate surface area is 112 Å². The Morgan fingerprint density at radius 3 is 2.17 bits per heavy atom. The third kappa shape index (κ3) is 4.60. The summed E-state index contributed by atoms with van der Waals surface area (Å²) in [4.78, 5) is 14.4. The second-order valence-corrected chi connectivity index (χ2v) is 5.80. The lowest BCUT2D eigenvalue weighted by Crippen LogP contribution is -2.49. The maximum atomic E-state index is 12.4. The van der Waals surface area contributed by atoms with Crippen molar-refractivity contribution in [3.8, 4) is 0 Å². The molecule has 106 valence electrons. The van der Waals surface area contributed by atoms with Gasteiger partial charge in [-0.25, -0.2) is 0 Å². The van der Waals surface area contributed by atoms with Gasteiger partial charge in [0.05, 0.1) is 6.04 Å². The van der Waals surface area contributed by atoms with E-state index in [0.29, 0.717) is 12.0 Å². The zero-order chi connectivity index (χ0) is 13.5. The number of rotatable bonds is 5. The first-order valence-corrected chi connectivity index (χ1v) is 7.61. The van der Waals surface area contributed by atoms with Gasteiger partial charge >= 0.3 is 0 Å². The Bertz CT molecular complexity index is 247. The molecule has 0 aromatic rings. The Balaban J connectivity index is 2.44. The van der Waals surface area contributed by atoms with E-state index in [0.717, 1.165) is 19.5 Å². The highest BCUT2D eigenvalue weighted by molar-refractivity contribution is 5.81. The normalized spacial score (nSPS) is 22.1. The molecule has 0 aliphatic carbocycles. The van der Waals surface area contributed by atoms with Gasteiger partial charge in [0.2, 0.25) is 5.91 Å². The van der Waals surface area contributed by atoms with Gasteiger partial charge in [0, 0.05) is 19.1 Å². The lowest BCUT2D eigenvalue weighted by atomic mass is 10.00. The molecule has 1 aliphatic rings. The van der Waals surface area contributed by atoms with E-state index in [2.05, 4.69) is 26.1 Å². The van der Waals surface area contributed by atoms with Gasteiger partial charge in [-0.15, -0.1) is 0 Å². The van der Waals surface area contributed by atoms with E-state index >= 15 is 0 Å². The lowest BCUT2D eigenvalue weighted by molar-refractivity contribution is -0.133. The van der Waals surface area contributed by atoms with Gasteiger partial charge in [0.15, 0.2) is 0 Å². The molecule has 3 atom stereocenters. The molecule has 0 saturated carbocycles. The first kappa shape index (κ1) is 15.5. The molecular formula is C15H30N2O. The molecule has 1 saturated heterocycles. The number of nitrogens with zero attached hydrogens (tertiary/aromatic N) is 1. The number of hydrogen-bond acceptors (Lipinski definition) is 2. The number of likely N-dealkylation sites (tertiary alicyclic amines) is 1. The standard InChI is InChI=1S/C15H30N2O/c1-5-12(2)13(3)16-14(4)15(18)17-10-8-6-7-9-11-17/h12-14,16H,5-11H2,1-4H3. The Morgan fingerprint density at radius 1 is 1.11 bits per heavy atom. The molecule has 3 unspecified atom stereocenters. The second-order valence-electron chi connectivity index (χ2n) is 5.80. The van der Waals surface area contributed by atoms with Gasteiger partial charge in [0.25, 0.3) is 0 Å². The van der Waals surface area contributed by atoms with E-state index < -0.39 is 0 Å². The fourth-order valence-electron chi connectivity index (χ4n) is 2.55. The van der Waals surface area contributed by atoms with Crippen LogP contribution in [0.2, 0.25) is 0 Å². The molecule has 0 spiro atoms. The minimum atomic E-state index is -0.0490. The van der Waals surface area contributed by atoms with E-state index in [1.165, 1.54) is 25.7 Å².